The average molecular weight is 296 g/mol. The van der Waals surface area contributed by atoms with Crippen molar-refractivity contribution in [1.82, 2.24) is 0 Å². The summed E-state index contributed by atoms with van der Waals surface area (Å²) in [6.07, 6.45) is 5.48. The van der Waals surface area contributed by atoms with Crippen LogP contribution in [0.4, 0.5) is 5.69 Å². The Bertz CT molecular complexity index is 343. The zero-order chi connectivity index (χ0) is 12.1. The van der Waals surface area contributed by atoms with E-state index in [1.807, 2.05) is 0 Å². The van der Waals surface area contributed by atoms with Crippen LogP contribution in [-0.4, -0.2) is 13.1 Å². The molecule has 0 amide bonds. The molecule has 0 N–H and O–H groups in total. The predicted octanol–water partition coefficient (Wildman–Crippen LogP) is 4.60. The van der Waals surface area contributed by atoms with Crippen LogP contribution in [0.1, 0.15) is 38.2 Å². The number of alkyl halides is 1. The summed E-state index contributed by atoms with van der Waals surface area (Å²) in [6.45, 7) is 4.76. The third-order valence-electron chi connectivity index (χ3n) is 3.79. The fourth-order valence-corrected chi connectivity index (χ4v) is 3.28. The fraction of sp³-hybridized carbons (Fsp3) is 0.600. The van der Waals surface area contributed by atoms with Gasteiger partial charge < -0.3 is 4.90 Å². The van der Waals surface area contributed by atoms with Crippen molar-refractivity contribution in [2.45, 2.75) is 37.9 Å². The van der Waals surface area contributed by atoms with Gasteiger partial charge in [-0.05, 0) is 30.4 Å². The van der Waals surface area contributed by atoms with Crippen molar-refractivity contribution in [2.24, 2.45) is 5.92 Å². The first-order valence-electron chi connectivity index (χ1n) is 6.74. The van der Waals surface area contributed by atoms with Gasteiger partial charge in [-0.25, -0.2) is 0 Å². The number of halogens is 1. The first-order valence-corrected chi connectivity index (χ1v) is 7.86. The van der Waals surface area contributed by atoms with Gasteiger partial charge >= 0.3 is 0 Å². The van der Waals surface area contributed by atoms with Crippen LogP contribution in [0.5, 0.6) is 0 Å². The third-order valence-corrected chi connectivity index (χ3v) is 4.39. The standard InChI is InChI=1S/C15H22BrN/c1-2-5-13-8-10-17(11-9-13)15-7-4-3-6-14(15)12-16/h3-4,6-7,13H,2,5,8-12H2,1H3. The highest BCUT2D eigenvalue weighted by Crippen LogP contribution is 2.29. The highest BCUT2D eigenvalue weighted by atomic mass is 79.9. The average Bonchev–Trinajstić information content (AvgIpc) is 2.40. The second-order valence-electron chi connectivity index (χ2n) is 4.98. The summed E-state index contributed by atoms with van der Waals surface area (Å²) >= 11 is 3.59. The Morgan fingerprint density at radius 2 is 1.94 bits per heavy atom. The van der Waals surface area contributed by atoms with Crippen LogP contribution in [0.3, 0.4) is 0 Å². The molecule has 0 aliphatic carbocycles. The Morgan fingerprint density at radius 3 is 2.59 bits per heavy atom. The number of rotatable bonds is 4. The molecule has 0 saturated carbocycles. The largest absolute Gasteiger partial charge is 0.371 e. The Hall–Kier alpha value is -0.500. The molecule has 0 unspecified atom stereocenters. The van der Waals surface area contributed by atoms with Crippen molar-refractivity contribution in [3.05, 3.63) is 29.8 Å². The smallest absolute Gasteiger partial charge is 0.0407 e. The van der Waals surface area contributed by atoms with Crippen molar-refractivity contribution in [2.75, 3.05) is 18.0 Å². The maximum atomic E-state index is 3.59. The Balaban J connectivity index is 2.00. The summed E-state index contributed by atoms with van der Waals surface area (Å²) in [5.41, 5.74) is 2.85. The van der Waals surface area contributed by atoms with Gasteiger partial charge in [0.25, 0.3) is 0 Å². The first kappa shape index (κ1) is 12.9. The van der Waals surface area contributed by atoms with Gasteiger partial charge in [-0.2, -0.15) is 0 Å². The minimum absolute atomic E-state index is 0.956. The van der Waals surface area contributed by atoms with E-state index in [0.717, 1.165) is 11.2 Å². The molecule has 0 radical (unpaired) electrons. The monoisotopic (exact) mass is 295 g/mol. The zero-order valence-corrected chi connectivity index (χ0v) is 12.2. The number of benzene rings is 1. The second kappa shape index (κ2) is 6.44. The topological polar surface area (TPSA) is 3.24 Å². The van der Waals surface area contributed by atoms with E-state index in [2.05, 4.69) is 52.0 Å². The summed E-state index contributed by atoms with van der Waals surface area (Å²) in [6, 6.07) is 8.77. The van der Waals surface area contributed by atoms with Gasteiger partial charge in [0.15, 0.2) is 0 Å². The molecule has 94 valence electrons. The van der Waals surface area contributed by atoms with E-state index < -0.39 is 0 Å². The molecule has 0 aromatic heterocycles. The molecule has 1 nitrogen and oxygen atoms in total. The van der Waals surface area contributed by atoms with E-state index >= 15 is 0 Å². The molecule has 1 heterocycles. The van der Waals surface area contributed by atoms with Crippen LogP contribution in [-0.2, 0) is 5.33 Å². The van der Waals surface area contributed by atoms with Gasteiger partial charge in [0, 0.05) is 24.1 Å². The summed E-state index contributed by atoms with van der Waals surface area (Å²) in [5.74, 6) is 0.965. The van der Waals surface area contributed by atoms with Gasteiger partial charge in [-0.3, -0.25) is 0 Å². The van der Waals surface area contributed by atoms with E-state index in [-0.39, 0.29) is 0 Å². The van der Waals surface area contributed by atoms with Gasteiger partial charge in [-0.1, -0.05) is 53.9 Å². The Labute approximate surface area is 113 Å². The first-order chi connectivity index (χ1) is 8.35. The number of nitrogens with zero attached hydrogens (tertiary/aromatic N) is 1. The molecule has 0 spiro atoms. The van der Waals surface area contributed by atoms with Crippen LogP contribution >= 0.6 is 15.9 Å². The van der Waals surface area contributed by atoms with Crippen molar-refractivity contribution in [1.29, 1.82) is 0 Å². The molecule has 1 aliphatic heterocycles. The highest BCUT2D eigenvalue weighted by molar-refractivity contribution is 9.08. The molecular formula is C15H22BrN. The van der Waals surface area contributed by atoms with Crippen LogP contribution in [0.15, 0.2) is 24.3 Å². The number of hydrogen-bond donors (Lipinski definition) is 0. The highest BCUT2D eigenvalue weighted by Gasteiger charge is 2.19. The summed E-state index contributed by atoms with van der Waals surface area (Å²) in [7, 11) is 0. The van der Waals surface area contributed by atoms with Crippen LogP contribution in [0.2, 0.25) is 0 Å². The lowest BCUT2D eigenvalue weighted by molar-refractivity contribution is 0.378. The van der Waals surface area contributed by atoms with Crippen molar-refractivity contribution in [3.8, 4) is 0 Å². The lowest BCUT2D eigenvalue weighted by Crippen LogP contribution is -2.34. The maximum Gasteiger partial charge on any atom is 0.0407 e. The Kier molecular flexibility index (Phi) is 4.90. The minimum Gasteiger partial charge on any atom is -0.371 e. The van der Waals surface area contributed by atoms with Crippen molar-refractivity contribution < 1.29 is 0 Å². The summed E-state index contributed by atoms with van der Waals surface area (Å²) < 4.78 is 0. The zero-order valence-electron chi connectivity index (χ0n) is 10.7. The van der Waals surface area contributed by atoms with Crippen molar-refractivity contribution >= 4 is 21.6 Å². The lowest BCUT2D eigenvalue weighted by atomic mass is 9.92. The maximum absolute atomic E-state index is 3.59. The molecule has 2 rings (SSSR count). The molecule has 17 heavy (non-hydrogen) atoms. The SMILES string of the molecule is CCCC1CCN(c2ccccc2CBr)CC1. The molecule has 0 atom stereocenters. The molecule has 1 aliphatic rings. The normalized spacial score (nSPS) is 17.4. The lowest BCUT2D eigenvalue weighted by Gasteiger charge is -2.34. The van der Waals surface area contributed by atoms with Gasteiger partial charge in [0.1, 0.15) is 0 Å². The quantitative estimate of drug-likeness (QED) is 0.734. The second-order valence-corrected chi connectivity index (χ2v) is 5.54. The summed E-state index contributed by atoms with van der Waals surface area (Å²) in [5, 5.41) is 0.956. The van der Waals surface area contributed by atoms with E-state index in [4.69, 9.17) is 0 Å². The van der Waals surface area contributed by atoms with E-state index in [1.165, 1.54) is 50.0 Å². The molecule has 1 aromatic rings. The van der Waals surface area contributed by atoms with Crippen LogP contribution in [0.25, 0.3) is 0 Å². The third kappa shape index (κ3) is 3.25. The molecule has 1 fully saturated rings. The minimum atomic E-state index is 0.956. The number of para-hydroxylation sites is 1. The van der Waals surface area contributed by atoms with Gasteiger partial charge in [-0.15, -0.1) is 0 Å². The molecule has 1 aromatic carbocycles. The Morgan fingerprint density at radius 1 is 1.24 bits per heavy atom. The van der Waals surface area contributed by atoms with Crippen molar-refractivity contribution in [3.63, 3.8) is 0 Å². The van der Waals surface area contributed by atoms with Crippen LogP contribution in [0, 0.1) is 5.92 Å². The number of anilines is 1. The van der Waals surface area contributed by atoms with E-state index in [0.29, 0.717) is 0 Å². The van der Waals surface area contributed by atoms with E-state index in [9.17, 15) is 0 Å². The van der Waals surface area contributed by atoms with E-state index in [1.54, 1.807) is 0 Å². The van der Waals surface area contributed by atoms with Gasteiger partial charge in [0.2, 0.25) is 0 Å². The summed E-state index contributed by atoms with van der Waals surface area (Å²) in [4.78, 5) is 2.56. The fourth-order valence-electron chi connectivity index (χ4n) is 2.80. The molecule has 1 saturated heterocycles. The molecule has 0 bridgehead atoms. The van der Waals surface area contributed by atoms with Crippen LogP contribution < -0.4 is 4.90 Å². The van der Waals surface area contributed by atoms with Gasteiger partial charge in [0.05, 0.1) is 0 Å². The predicted molar refractivity (Wildman–Crippen MR) is 78.9 cm³/mol. The molecular weight excluding hydrogens is 274 g/mol. The molecule has 2 heteroatoms. The number of hydrogen-bond acceptors (Lipinski definition) is 1. The number of piperidine rings is 1.